The molecule has 108 valence electrons. The molecule has 0 saturated carbocycles. The predicted octanol–water partition coefficient (Wildman–Crippen LogP) is 2.95. The van der Waals surface area contributed by atoms with Gasteiger partial charge in [0, 0.05) is 11.3 Å². The summed E-state index contributed by atoms with van der Waals surface area (Å²) in [4.78, 5) is 12.1. The van der Waals surface area contributed by atoms with E-state index in [1.54, 1.807) is 43.5 Å². The summed E-state index contributed by atoms with van der Waals surface area (Å²) in [6.07, 6.45) is 3.44. The van der Waals surface area contributed by atoms with Crippen molar-refractivity contribution in [3.8, 4) is 5.75 Å². The van der Waals surface area contributed by atoms with Gasteiger partial charge in [-0.05, 0) is 42.0 Å². The Morgan fingerprint density at radius 3 is 2.67 bits per heavy atom. The molecule has 0 atom stereocenters. The molecule has 0 aliphatic heterocycles. The van der Waals surface area contributed by atoms with Gasteiger partial charge >= 0.3 is 0 Å². The number of rotatable bonds is 5. The summed E-state index contributed by atoms with van der Waals surface area (Å²) < 4.78 is 5.06. The fraction of sp³-hybridized carbons (Fsp3) is 0.118. The summed E-state index contributed by atoms with van der Waals surface area (Å²) in [5, 5.41) is 11.6. The molecule has 2 N–H and O–H groups in total. The van der Waals surface area contributed by atoms with Crippen molar-refractivity contribution in [1.82, 2.24) is 0 Å². The third-order valence-electron chi connectivity index (χ3n) is 2.91. The summed E-state index contributed by atoms with van der Waals surface area (Å²) in [6, 6.07) is 14.3. The van der Waals surface area contributed by atoms with Gasteiger partial charge in [0.2, 0.25) is 0 Å². The number of nitrogens with one attached hydrogen (secondary N) is 1. The first-order chi connectivity index (χ1) is 10.2. The maximum atomic E-state index is 12.1. The van der Waals surface area contributed by atoms with Crippen molar-refractivity contribution >= 4 is 17.7 Å². The number of hydrogen-bond donors (Lipinski definition) is 2. The van der Waals surface area contributed by atoms with Crippen molar-refractivity contribution in [3.63, 3.8) is 0 Å². The largest absolute Gasteiger partial charge is 0.497 e. The summed E-state index contributed by atoms with van der Waals surface area (Å²) in [5.41, 5.74) is 2.18. The van der Waals surface area contributed by atoms with E-state index in [1.807, 2.05) is 24.3 Å². The first-order valence-corrected chi connectivity index (χ1v) is 6.56. The molecular weight excluding hydrogens is 266 g/mol. The molecule has 0 aromatic heterocycles. The number of carbonyl (C=O) groups is 1. The number of amides is 1. The molecule has 2 rings (SSSR count). The highest BCUT2D eigenvalue weighted by Crippen LogP contribution is 2.15. The van der Waals surface area contributed by atoms with E-state index in [4.69, 9.17) is 9.84 Å². The molecule has 0 heterocycles. The van der Waals surface area contributed by atoms with Gasteiger partial charge in [0.05, 0.1) is 13.7 Å². The molecule has 0 fully saturated rings. The summed E-state index contributed by atoms with van der Waals surface area (Å²) >= 11 is 0. The Kier molecular flexibility index (Phi) is 5.12. The van der Waals surface area contributed by atoms with Crippen LogP contribution in [-0.4, -0.2) is 24.7 Å². The Labute approximate surface area is 123 Å². The summed E-state index contributed by atoms with van der Waals surface area (Å²) in [7, 11) is 1.58. The number of carbonyl (C=O) groups excluding carboxylic acids is 1. The van der Waals surface area contributed by atoms with Gasteiger partial charge in [-0.15, -0.1) is 0 Å². The number of hydrogen-bond acceptors (Lipinski definition) is 3. The van der Waals surface area contributed by atoms with Crippen LogP contribution in [0.2, 0.25) is 0 Å². The van der Waals surface area contributed by atoms with E-state index in [1.165, 1.54) is 0 Å². The topological polar surface area (TPSA) is 58.6 Å². The molecule has 2 aromatic carbocycles. The fourth-order valence-electron chi connectivity index (χ4n) is 1.85. The lowest BCUT2D eigenvalue weighted by atomic mass is 10.1. The zero-order chi connectivity index (χ0) is 15.1. The second-order valence-corrected chi connectivity index (χ2v) is 4.39. The number of methoxy groups -OCH3 is 1. The van der Waals surface area contributed by atoms with Crippen molar-refractivity contribution in [2.24, 2.45) is 0 Å². The van der Waals surface area contributed by atoms with E-state index in [0.29, 0.717) is 17.0 Å². The Morgan fingerprint density at radius 2 is 2.00 bits per heavy atom. The average Bonchev–Trinajstić information content (AvgIpc) is 2.53. The van der Waals surface area contributed by atoms with E-state index in [0.717, 1.165) is 5.56 Å². The van der Waals surface area contributed by atoms with Crippen molar-refractivity contribution in [2.45, 2.75) is 0 Å². The molecule has 21 heavy (non-hydrogen) atoms. The van der Waals surface area contributed by atoms with Crippen LogP contribution in [0.15, 0.2) is 54.6 Å². The lowest BCUT2D eigenvalue weighted by Gasteiger charge is -2.07. The fourth-order valence-corrected chi connectivity index (χ4v) is 1.85. The summed E-state index contributed by atoms with van der Waals surface area (Å²) in [6.45, 7) is -0.0115. The Morgan fingerprint density at radius 1 is 1.24 bits per heavy atom. The van der Waals surface area contributed by atoms with Crippen LogP contribution in [0.25, 0.3) is 6.08 Å². The van der Waals surface area contributed by atoms with Gasteiger partial charge in [0.25, 0.3) is 5.91 Å². The highest BCUT2D eigenvalue weighted by atomic mass is 16.5. The van der Waals surface area contributed by atoms with E-state index >= 15 is 0 Å². The lowest BCUT2D eigenvalue weighted by Crippen LogP contribution is -2.11. The third kappa shape index (κ3) is 4.19. The average molecular weight is 283 g/mol. The minimum atomic E-state index is -0.180. The van der Waals surface area contributed by atoms with Crippen molar-refractivity contribution in [2.75, 3.05) is 19.0 Å². The zero-order valence-electron chi connectivity index (χ0n) is 11.7. The number of aliphatic hydroxyl groups excluding tert-OH is 1. The number of benzene rings is 2. The predicted molar refractivity (Wildman–Crippen MR) is 83.5 cm³/mol. The quantitative estimate of drug-likeness (QED) is 0.887. The molecule has 0 aliphatic rings. The monoisotopic (exact) mass is 283 g/mol. The van der Waals surface area contributed by atoms with Gasteiger partial charge in [-0.3, -0.25) is 4.79 Å². The molecule has 4 nitrogen and oxygen atoms in total. The molecule has 0 unspecified atom stereocenters. The van der Waals surface area contributed by atoms with Crippen LogP contribution >= 0.6 is 0 Å². The van der Waals surface area contributed by atoms with Crippen LogP contribution in [-0.2, 0) is 0 Å². The molecular formula is C17H17NO3. The molecule has 2 aromatic rings. The van der Waals surface area contributed by atoms with Crippen molar-refractivity contribution in [3.05, 3.63) is 65.7 Å². The van der Waals surface area contributed by atoms with Crippen LogP contribution in [0.4, 0.5) is 5.69 Å². The normalized spacial score (nSPS) is 10.6. The minimum Gasteiger partial charge on any atom is -0.497 e. The molecule has 0 aliphatic carbocycles. The first kappa shape index (κ1) is 14.8. The maximum Gasteiger partial charge on any atom is 0.255 e. The molecule has 0 bridgehead atoms. The Balaban J connectivity index is 2.09. The molecule has 0 spiro atoms. The Hall–Kier alpha value is -2.59. The van der Waals surface area contributed by atoms with Crippen LogP contribution < -0.4 is 10.1 Å². The first-order valence-electron chi connectivity index (χ1n) is 6.56. The van der Waals surface area contributed by atoms with E-state index in [-0.39, 0.29) is 12.5 Å². The standard InChI is InChI=1S/C17H17NO3/c1-21-16-9-7-14(8-10-16)17(20)18-15-6-2-4-13(12-15)5-3-11-19/h2-10,12,19H,11H2,1H3,(H,18,20). The lowest BCUT2D eigenvalue weighted by molar-refractivity contribution is 0.102. The van der Waals surface area contributed by atoms with Gasteiger partial charge < -0.3 is 15.2 Å². The maximum absolute atomic E-state index is 12.1. The second-order valence-electron chi connectivity index (χ2n) is 4.39. The zero-order valence-corrected chi connectivity index (χ0v) is 11.7. The smallest absolute Gasteiger partial charge is 0.255 e. The summed E-state index contributed by atoms with van der Waals surface area (Å²) in [5.74, 6) is 0.531. The van der Waals surface area contributed by atoms with Gasteiger partial charge in [0.15, 0.2) is 0 Å². The van der Waals surface area contributed by atoms with Crippen LogP contribution in [0, 0.1) is 0 Å². The van der Waals surface area contributed by atoms with E-state index in [2.05, 4.69) is 5.32 Å². The van der Waals surface area contributed by atoms with Gasteiger partial charge in [0.1, 0.15) is 5.75 Å². The number of anilines is 1. The number of aliphatic hydroxyl groups is 1. The van der Waals surface area contributed by atoms with Gasteiger partial charge in [-0.25, -0.2) is 0 Å². The number of ether oxygens (including phenoxy) is 1. The highest BCUT2D eigenvalue weighted by Gasteiger charge is 2.06. The molecule has 1 amide bonds. The van der Waals surface area contributed by atoms with Crippen molar-refractivity contribution in [1.29, 1.82) is 0 Å². The molecule has 4 heteroatoms. The van der Waals surface area contributed by atoms with Gasteiger partial charge in [-0.1, -0.05) is 24.3 Å². The second kappa shape index (κ2) is 7.26. The van der Waals surface area contributed by atoms with Crippen LogP contribution in [0.3, 0.4) is 0 Å². The SMILES string of the molecule is COc1ccc(C(=O)Nc2cccc(C=CCO)c2)cc1. The van der Waals surface area contributed by atoms with Crippen LogP contribution in [0.1, 0.15) is 15.9 Å². The third-order valence-corrected chi connectivity index (χ3v) is 2.91. The van der Waals surface area contributed by atoms with E-state index < -0.39 is 0 Å². The van der Waals surface area contributed by atoms with Gasteiger partial charge in [-0.2, -0.15) is 0 Å². The minimum absolute atomic E-state index is 0.0115. The van der Waals surface area contributed by atoms with Crippen LogP contribution in [0.5, 0.6) is 5.75 Å². The van der Waals surface area contributed by atoms with E-state index in [9.17, 15) is 4.79 Å². The molecule has 0 saturated heterocycles. The molecule has 0 radical (unpaired) electrons. The highest BCUT2D eigenvalue weighted by molar-refractivity contribution is 6.04. The van der Waals surface area contributed by atoms with Crippen molar-refractivity contribution < 1.29 is 14.6 Å². The Bertz CT molecular complexity index is 633.